The smallest absolute Gasteiger partial charge is 0.396 e. The zero-order chi connectivity index (χ0) is 12.7. The summed E-state index contributed by atoms with van der Waals surface area (Å²) in [4.78, 5) is 21.7. The number of esters is 2. The molecule has 0 aromatic rings. The molecule has 8 nitrogen and oxygen atoms in total. The van der Waals surface area contributed by atoms with Crippen LogP contribution in [0.4, 0.5) is 0 Å². The maximum absolute atomic E-state index is 10.9. The van der Waals surface area contributed by atoms with Crippen molar-refractivity contribution in [2.75, 3.05) is 33.0 Å². The molecule has 0 atom stereocenters. The number of cyclic esters (lactones) is 2. The highest BCUT2D eigenvalue weighted by Crippen LogP contribution is 2.17. The Labute approximate surface area is 97.0 Å². The van der Waals surface area contributed by atoms with Gasteiger partial charge in [0.15, 0.2) is 6.61 Å². The van der Waals surface area contributed by atoms with Crippen molar-refractivity contribution in [1.82, 2.24) is 0 Å². The molecule has 1 rings (SSSR count). The van der Waals surface area contributed by atoms with Gasteiger partial charge in [-0.3, -0.25) is 9.59 Å². The van der Waals surface area contributed by atoms with Gasteiger partial charge in [0.25, 0.3) is 0 Å². The highest BCUT2D eigenvalue weighted by molar-refractivity contribution is 5.92. The molecule has 0 spiro atoms. The van der Waals surface area contributed by atoms with E-state index in [1.807, 2.05) is 0 Å². The van der Waals surface area contributed by atoms with Crippen molar-refractivity contribution >= 4 is 11.9 Å². The monoisotopic (exact) mass is 250 g/mol. The van der Waals surface area contributed by atoms with Crippen LogP contribution < -0.4 is 0 Å². The minimum Gasteiger partial charge on any atom is -0.396 e. The molecule has 0 amide bonds. The van der Waals surface area contributed by atoms with Gasteiger partial charge in [0.05, 0.1) is 26.4 Å². The number of aliphatic hydroxyl groups is 2. The number of aliphatic hydroxyl groups excluding tert-OH is 1. The molecule has 1 heterocycles. The van der Waals surface area contributed by atoms with Gasteiger partial charge in [0, 0.05) is 0 Å². The van der Waals surface area contributed by atoms with Crippen molar-refractivity contribution in [2.24, 2.45) is 0 Å². The van der Waals surface area contributed by atoms with E-state index in [4.69, 9.17) is 14.6 Å². The summed E-state index contributed by atoms with van der Waals surface area (Å²) in [5, 5.41) is 17.9. The summed E-state index contributed by atoms with van der Waals surface area (Å²) in [6.07, 6.45) is -0.526. The quantitative estimate of drug-likeness (QED) is 0.307. The lowest BCUT2D eigenvalue weighted by Gasteiger charge is -2.29. The number of hydrogen-bond acceptors (Lipinski definition) is 8. The Balaban J connectivity index is 2.20. The molecule has 2 N–H and O–H groups in total. The van der Waals surface area contributed by atoms with Crippen LogP contribution in [0, 0.1) is 0 Å². The molecular formula is C9H14O8. The van der Waals surface area contributed by atoms with Crippen molar-refractivity contribution in [3.63, 3.8) is 0 Å². The first-order chi connectivity index (χ1) is 8.06. The Morgan fingerprint density at radius 2 is 1.71 bits per heavy atom. The molecule has 1 saturated heterocycles. The van der Waals surface area contributed by atoms with Gasteiger partial charge < -0.3 is 29.2 Å². The zero-order valence-electron chi connectivity index (χ0n) is 9.09. The van der Waals surface area contributed by atoms with Crippen LogP contribution in [0.2, 0.25) is 0 Å². The second-order valence-corrected chi connectivity index (χ2v) is 3.23. The fraction of sp³-hybridized carbons (Fsp3) is 0.778. The first kappa shape index (κ1) is 13.8. The fourth-order valence-corrected chi connectivity index (χ4v) is 1.11. The van der Waals surface area contributed by atoms with E-state index in [2.05, 4.69) is 9.47 Å². The van der Waals surface area contributed by atoms with Crippen molar-refractivity contribution in [3.8, 4) is 0 Å². The van der Waals surface area contributed by atoms with E-state index in [9.17, 15) is 14.7 Å². The summed E-state index contributed by atoms with van der Waals surface area (Å²) < 4.78 is 18.7. The van der Waals surface area contributed by atoms with Crippen LogP contribution in [0.3, 0.4) is 0 Å². The lowest BCUT2D eigenvalue weighted by atomic mass is 10.4. The molecular weight excluding hydrogens is 236 g/mol. The van der Waals surface area contributed by atoms with Gasteiger partial charge in [-0.2, -0.15) is 0 Å². The van der Waals surface area contributed by atoms with E-state index in [0.29, 0.717) is 0 Å². The van der Waals surface area contributed by atoms with Gasteiger partial charge in [0.1, 0.15) is 6.42 Å². The topological polar surface area (TPSA) is 112 Å². The molecule has 17 heavy (non-hydrogen) atoms. The third-order valence-corrected chi connectivity index (χ3v) is 1.73. The molecule has 0 bridgehead atoms. The van der Waals surface area contributed by atoms with E-state index < -0.39 is 30.9 Å². The number of ether oxygens (including phenoxy) is 4. The van der Waals surface area contributed by atoms with Gasteiger partial charge in [-0.1, -0.05) is 0 Å². The largest absolute Gasteiger partial charge is 0.398 e. The van der Waals surface area contributed by atoms with Crippen molar-refractivity contribution in [3.05, 3.63) is 0 Å². The Hall–Kier alpha value is -1.22. The highest BCUT2D eigenvalue weighted by Gasteiger charge is 2.42. The number of rotatable bonds is 7. The first-order valence-corrected chi connectivity index (χ1v) is 4.98. The average molecular weight is 250 g/mol. The molecule has 0 saturated carbocycles. The number of hydrogen-bond donors (Lipinski definition) is 2. The van der Waals surface area contributed by atoms with Crippen LogP contribution in [0.25, 0.3) is 0 Å². The second-order valence-electron chi connectivity index (χ2n) is 3.23. The van der Waals surface area contributed by atoms with Gasteiger partial charge in [-0.25, -0.2) is 0 Å². The SMILES string of the molecule is O=C1CC(=O)OC(O)(COCCOCCO)O1. The Kier molecular flexibility index (Phi) is 5.29. The molecule has 1 aliphatic rings. The van der Waals surface area contributed by atoms with Crippen molar-refractivity contribution < 1.29 is 38.7 Å². The van der Waals surface area contributed by atoms with E-state index in [0.717, 1.165) is 0 Å². The van der Waals surface area contributed by atoms with Crippen LogP contribution in [0.1, 0.15) is 6.42 Å². The summed E-state index contributed by atoms with van der Waals surface area (Å²) in [7, 11) is 0. The predicted octanol–water partition coefficient (Wildman–Crippen LogP) is -1.85. The molecule has 0 aromatic heterocycles. The van der Waals surface area contributed by atoms with Crippen molar-refractivity contribution in [2.45, 2.75) is 12.4 Å². The average Bonchev–Trinajstić information content (AvgIpc) is 2.21. The van der Waals surface area contributed by atoms with Crippen molar-refractivity contribution in [1.29, 1.82) is 0 Å². The standard InChI is InChI=1S/C9H14O8/c10-1-2-14-3-4-15-6-9(13)16-7(11)5-8(12)17-9/h10,13H,1-6H2. The second kappa shape index (κ2) is 6.50. The predicted molar refractivity (Wildman–Crippen MR) is 50.5 cm³/mol. The summed E-state index contributed by atoms with van der Waals surface area (Å²) >= 11 is 0. The Bertz CT molecular complexity index is 260. The summed E-state index contributed by atoms with van der Waals surface area (Å²) in [5.41, 5.74) is 0. The van der Waals surface area contributed by atoms with Gasteiger partial charge in [0.2, 0.25) is 0 Å². The summed E-state index contributed by atoms with van der Waals surface area (Å²) in [5.74, 6) is -4.10. The molecule has 8 heteroatoms. The minimum absolute atomic E-state index is 0.0947. The maximum Gasteiger partial charge on any atom is 0.398 e. The van der Waals surface area contributed by atoms with Crippen LogP contribution in [-0.4, -0.2) is 61.2 Å². The molecule has 98 valence electrons. The van der Waals surface area contributed by atoms with Crippen LogP contribution in [0.15, 0.2) is 0 Å². The molecule has 0 radical (unpaired) electrons. The molecule has 0 unspecified atom stereocenters. The minimum atomic E-state index is -2.36. The van der Waals surface area contributed by atoms with Crippen LogP contribution in [-0.2, 0) is 28.5 Å². The maximum atomic E-state index is 10.9. The zero-order valence-corrected chi connectivity index (χ0v) is 9.09. The molecule has 0 aromatic carbocycles. The lowest BCUT2D eigenvalue weighted by molar-refractivity contribution is -0.350. The van der Waals surface area contributed by atoms with Gasteiger partial charge >= 0.3 is 17.9 Å². The normalized spacial score (nSPS) is 18.7. The summed E-state index contributed by atoms with van der Waals surface area (Å²) in [6.45, 7) is -0.125. The highest BCUT2D eigenvalue weighted by atomic mass is 16.9. The molecule has 1 fully saturated rings. The summed E-state index contributed by atoms with van der Waals surface area (Å²) in [6, 6.07) is 0. The van der Waals surface area contributed by atoms with Crippen LogP contribution >= 0.6 is 0 Å². The third kappa shape index (κ3) is 5.09. The number of carbonyl (C=O) groups excluding carboxylic acids is 2. The van der Waals surface area contributed by atoms with Gasteiger partial charge in [-0.15, -0.1) is 0 Å². The fourth-order valence-electron chi connectivity index (χ4n) is 1.11. The Morgan fingerprint density at radius 1 is 1.12 bits per heavy atom. The van der Waals surface area contributed by atoms with Gasteiger partial charge in [-0.05, 0) is 0 Å². The molecule has 0 aliphatic carbocycles. The van der Waals surface area contributed by atoms with Crippen LogP contribution in [0.5, 0.6) is 0 Å². The molecule has 1 aliphatic heterocycles. The Morgan fingerprint density at radius 3 is 2.29 bits per heavy atom. The first-order valence-electron chi connectivity index (χ1n) is 4.98. The van der Waals surface area contributed by atoms with E-state index >= 15 is 0 Å². The number of carbonyl (C=O) groups is 2. The van der Waals surface area contributed by atoms with E-state index in [1.54, 1.807) is 0 Å². The van der Waals surface area contributed by atoms with E-state index in [-0.39, 0.29) is 26.4 Å². The third-order valence-electron chi connectivity index (χ3n) is 1.73. The lowest BCUT2D eigenvalue weighted by Crippen LogP contribution is -2.48. The van der Waals surface area contributed by atoms with E-state index in [1.165, 1.54) is 0 Å².